The highest BCUT2D eigenvalue weighted by atomic mass is 79.9. The topological polar surface area (TPSA) is 60.7 Å². The molecule has 0 amide bonds. The van der Waals surface area contributed by atoms with E-state index in [9.17, 15) is 4.79 Å². The first-order valence-electron chi connectivity index (χ1n) is 6.07. The minimum Gasteiger partial charge on any atom is -0.293 e. The maximum Gasteiger partial charge on any atom is 0.182 e. The molecule has 0 atom stereocenters. The van der Waals surface area contributed by atoms with E-state index in [1.54, 1.807) is 4.68 Å². The lowest BCUT2D eigenvalue weighted by Gasteiger charge is -2.02. The molecule has 2 rings (SSSR count). The SMILES string of the molecule is CCCc1nnsc1C(=O)Cc1c(Br)c(C)nn1C. The van der Waals surface area contributed by atoms with Gasteiger partial charge >= 0.3 is 0 Å². The molecule has 0 bridgehead atoms. The molecule has 0 saturated heterocycles. The van der Waals surface area contributed by atoms with E-state index >= 15 is 0 Å². The summed E-state index contributed by atoms with van der Waals surface area (Å²) < 4.78 is 6.53. The quantitative estimate of drug-likeness (QED) is 0.783. The van der Waals surface area contributed by atoms with Crippen LogP contribution in [-0.4, -0.2) is 25.2 Å². The third-order valence-corrected chi connectivity index (χ3v) is 4.73. The molecule has 0 saturated carbocycles. The number of carbonyl (C=O) groups excluding carboxylic acids is 1. The second kappa shape index (κ2) is 5.92. The molecule has 5 nitrogen and oxygen atoms in total. The van der Waals surface area contributed by atoms with Crippen LogP contribution in [0.15, 0.2) is 4.47 Å². The van der Waals surface area contributed by atoms with Gasteiger partial charge in [0.2, 0.25) is 0 Å². The highest BCUT2D eigenvalue weighted by Crippen LogP contribution is 2.23. The number of aromatic nitrogens is 4. The van der Waals surface area contributed by atoms with Gasteiger partial charge in [0.25, 0.3) is 0 Å². The Hall–Kier alpha value is -1.08. The Bertz CT molecular complexity index is 605. The number of aryl methyl sites for hydroxylation is 3. The molecule has 0 aliphatic carbocycles. The number of carbonyl (C=O) groups is 1. The molecular weight excluding hydrogens is 328 g/mol. The van der Waals surface area contributed by atoms with Gasteiger partial charge in [0, 0.05) is 7.05 Å². The fraction of sp³-hybridized carbons (Fsp3) is 0.500. The van der Waals surface area contributed by atoms with Crippen molar-refractivity contribution in [1.82, 2.24) is 19.4 Å². The predicted molar refractivity (Wildman–Crippen MR) is 77.6 cm³/mol. The fourth-order valence-corrected chi connectivity index (χ4v) is 3.04. The number of Topliss-reactive ketones (excluding diaryl/α,β-unsaturated/α-hetero) is 1. The Morgan fingerprint density at radius 1 is 1.47 bits per heavy atom. The Kier molecular flexibility index (Phi) is 4.46. The fourth-order valence-electron chi connectivity index (χ4n) is 1.93. The van der Waals surface area contributed by atoms with Crippen LogP contribution in [0, 0.1) is 6.92 Å². The Morgan fingerprint density at radius 3 is 2.79 bits per heavy atom. The summed E-state index contributed by atoms with van der Waals surface area (Å²) in [6.45, 7) is 3.98. The van der Waals surface area contributed by atoms with Crippen molar-refractivity contribution in [2.45, 2.75) is 33.1 Å². The molecule has 0 aliphatic rings. The van der Waals surface area contributed by atoms with E-state index in [1.807, 2.05) is 14.0 Å². The molecule has 2 aromatic rings. The molecule has 19 heavy (non-hydrogen) atoms. The van der Waals surface area contributed by atoms with Crippen LogP contribution >= 0.6 is 27.5 Å². The second-order valence-electron chi connectivity index (χ2n) is 4.37. The predicted octanol–water partition coefficient (Wildman–Crippen LogP) is 2.72. The summed E-state index contributed by atoms with van der Waals surface area (Å²) in [6, 6.07) is 0. The van der Waals surface area contributed by atoms with Crippen molar-refractivity contribution in [3.05, 3.63) is 26.4 Å². The normalized spacial score (nSPS) is 10.9. The second-order valence-corrected chi connectivity index (χ2v) is 5.92. The van der Waals surface area contributed by atoms with Crippen molar-refractivity contribution >= 4 is 33.2 Å². The number of nitrogens with zero attached hydrogens (tertiary/aromatic N) is 4. The van der Waals surface area contributed by atoms with Gasteiger partial charge in [-0.15, -0.1) is 5.10 Å². The van der Waals surface area contributed by atoms with E-state index in [0.717, 1.165) is 34.4 Å². The molecule has 0 spiro atoms. The molecular formula is C12H15BrN4OS. The van der Waals surface area contributed by atoms with Crippen LogP contribution in [0.2, 0.25) is 0 Å². The molecule has 0 fully saturated rings. The highest BCUT2D eigenvalue weighted by molar-refractivity contribution is 9.10. The molecule has 0 aromatic carbocycles. The largest absolute Gasteiger partial charge is 0.293 e. The van der Waals surface area contributed by atoms with Gasteiger partial charge in [-0.05, 0) is 40.8 Å². The lowest BCUT2D eigenvalue weighted by molar-refractivity contribution is 0.0993. The van der Waals surface area contributed by atoms with Crippen molar-refractivity contribution < 1.29 is 4.79 Å². The number of hydrogen-bond donors (Lipinski definition) is 0. The first kappa shape index (κ1) is 14.3. The zero-order chi connectivity index (χ0) is 14.0. The summed E-state index contributed by atoms with van der Waals surface area (Å²) in [5, 5.41) is 8.33. The summed E-state index contributed by atoms with van der Waals surface area (Å²) in [7, 11) is 1.85. The average molecular weight is 343 g/mol. The lowest BCUT2D eigenvalue weighted by atomic mass is 10.1. The van der Waals surface area contributed by atoms with Gasteiger partial charge in [-0.1, -0.05) is 17.8 Å². The standard InChI is InChI=1S/C12H15BrN4OS/c1-4-5-8-12(19-16-14-8)10(18)6-9-11(13)7(2)15-17(9)3/h4-6H2,1-3H3. The lowest BCUT2D eigenvalue weighted by Crippen LogP contribution is -2.09. The van der Waals surface area contributed by atoms with Gasteiger partial charge in [-0.2, -0.15) is 5.10 Å². The van der Waals surface area contributed by atoms with Gasteiger partial charge in [-0.25, -0.2) is 0 Å². The van der Waals surface area contributed by atoms with E-state index in [-0.39, 0.29) is 5.78 Å². The van der Waals surface area contributed by atoms with Gasteiger partial charge in [0.15, 0.2) is 5.78 Å². The van der Waals surface area contributed by atoms with Gasteiger partial charge in [0.1, 0.15) is 4.88 Å². The van der Waals surface area contributed by atoms with E-state index < -0.39 is 0 Å². The van der Waals surface area contributed by atoms with Crippen molar-refractivity contribution in [1.29, 1.82) is 0 Å². The van der Waals surface area contributed by atoms with Gasteiger partial charge in [-0.3, -0.25) is 9.48 Å². The Balaban J connectivity index is 2.23. The van der Waals surface area contributed by atoms with Crippen LogP contribution < -0.4 is 0 Å². The zero-order valence-electron chi connectivity index (χ0n) is 11.1. The van der Waals surface area contributed by atoms with Crippen LogP contribution in [0.1, 0.15) is 40.1 Å². The first-order valence-corrected chi connectivity index (χ1v) is 7.63. The molecule has 0 unspecified atom stereocenters. The van der Waals surface area contributed by atoms with Gasteiger partial charge in [0.05, 0.1) is 28.0 Å². The number of hydrogen-bond acceptors (Lipinski definition) is 5. The van der Waals surface area contributed by atoms with Crippen LogP contribution in [-0.2, 0) is 19.9 Å². The maximum absolute atomic E-state index is 12.4. The molecule has 102 valence electrons. The molecule has 0 aliphatic heterocycles. The summed E-state index contributed by atoms with van der Waals surface area (Å²) in [4.78, 5) is 13.0. The monoisotopic (exact) mass is 342 g/mol. The zero-order valence-corrected chi connectivity index (χ0v) is 13.5. The number of rotatable bonds is 5. The summed E-state index contributed by atoms with van der Waals surface area (Å²) >= 11 is 4.66. The van der Waals surface area contributed by atoms with E-state index in [0.29, 0.717) is 11.3 Å². The smallest absolute Gasteiger partial charge is 0.182 e. The third-order valence-electron chi connectivity index (χ3n) is 2.89. The van der Waals surface area contributed by atoms with E-state index in [4.69, 9.17) is 0 Å². The average Bonchev–Trinajstić information content (AvgIpc) is 2.91. The van der Waals surface area contributed by atoms with Gasteiger partial charge < -0.3 is 0 Å². The van der Waals surface area contributed by atoms with Crippen LogP contribution in [0.25, 0.3) is 0 Å². The minimum absolute atomic E-state index is 0.0575. The number of halogens is 1. The number of ketones is 1. The molecule has 7 heteroatoms. The third kappa shape index (κ3) is 2.92. The molecule has 0 N–H and O–H groups in total. The minimum atomic E-state index is 0.0575. The first-order chi connectivity index (χ1) is 9.04. The molecule has 2 aromatic heterocycles. The van der Waals surface area contributed by atoms with Crippen LogP contribution in [0.3, 0.4) is 0 Å². The Morgan fingerprint density at radius 2 is 2.21 bits per heavy atom. The maximum atomic E-state index is 12.4. The summed E-state index contributed by atoms with van der Waals surface area (Å²) in [5.41, 5.74) is 2.59. The van der Waals surface area contributed by atoms with Crippen molar-refractivity contribution in [2.75, 3.05) is 0 Å². The molecule has 0 radical (unpaired) electrons. The van der Waals surface area contributed by atoms with Crippen molar-refractivity contribution in [2.24, 2.45) is 7.05 Å². The molecule has 2 heterocycles. The Labute approximate surface area is 124 Å². The summed E-state index contributed by atoms with van der Waals surface area (Å²) in [6.07, 6.45) is 2.07. The van der Waals surface area contributed by atoms with Crippen LogP contribution in [0.5, 0.6) is 0 Å². The summed E-state index contributed by atoms with van der Waals surface area (Å²) in [5.74, 6) is 0.0575. The van der Waals surface area contributed by atoms with E-state index in [1.165, 1.54) is 11.5 Å². The highest BCUT2D eigenvalue weighted by Gasteiger charge is 2.20. The van der Waals surface area contributed by atoms with Crippen LogP contribution in [0.4, 0.5) is 0 Å². The van der Waals surface area contributed by atoms with E-state index in [2.05, 4.69) is 37.5 Å². The van der Waals surface area contributed by atoms with Crippen molar-refractivity contribution in [3.63, 3.8) is 0 Å². The van der Waals surface area contributed by atoms with Crippen molar-refractivity contribution in [3.8, 4) is 0 Å².